The molecule has 1 fully saturated rings. The molecule has 0 aliphatic carbocycles. The Kier molecular flexibility index (Phi) is 6.29. The van der Waals surface area contributed by atoms with Crippen molar-refractivity contribution >= 4 is 28.2 Å². The minimum absolute atomic E-state index is 0. The molecule has 0 saturated carbocycles. The number of carbonyl (C=O) groups is 1. The van der Waals surface area contributed by atoms with Crippen molar-refractivity contribution in [1.29, 1.82) is 0 Å². The Balaban J connectivity index is 0.00000288. The lowest BCUT2D eigenvalue weighted by molar-refractivity contribution is -0.0436. The maximum atomic E-state index is 12.5. The highest BCUT2D eigenvalue weighted by molar-refractivity contribution is 7.92. The predicted octanol–water partition coefficient (Wildman–Crippen LogP) is 2.22. The van der Waals surface area contributed by atoms with E-state index in [0.29, 0.717) is 13.1 Å². The molecule has 1 aliphatic rings. The lowest BCUT2D eigenvalue weighted by atomic mass is 10.1. The standard InChI is InChI=1S/C14H17F3N2O3S.ClH/c1-9-7-19(8-10(2)18-9)13(20)11-3-5-12(6-4-11)23(21,22)14(15,16)17;/h3-6,9-10,18H,7-8H2,1-2H3;1H. The molecular weight excluding hydrogens is 369 g/mol. The van der Waals surface area contributed by atoms with Gasteiger partial charge in [0.1, 0.15) is 0 Å². The fraction of sp³-hybridized carbons (Fsp3) is 0.500. The van der Waals surface area contributed by atoms with Crippen LogP contribution < -0.4 is 5.32 Å². The monoisotopic (exact) mass is 386 g/mol. The molecule has 2 atom stereocenters. The van der Waals surface area contributed by atoms with Crippen molar-refractivity contribution in [2.75, 3.05) is 13.1 Å². The average Bonchev–Trinajstić information content (AvgIpc) is 2.44. The third kappa shape index (κ3) is 4.20. The first-order valence-corrected chi connectivity index (χ1v) is 8.47. The zero-order chi connectivity index (χ0) is 17.4. The van der Waals surface area contributed by atoms with Crippen molar-refractivity contribution in [2.45, 2.75) is 36.3 Å². The predicted molar refractivity (Wildman–Crippen MR) is 84.9 cm³/mol. The van der Waals surface area contributed by atoms with E-state index in [0.717, 1.165) is 24.3 Å². The average molecular weight is 387 g/mol. The number of benzene rings is 1. The highest BCUT2D eigenvalue weighted by Gasteiger charge is 2.46. The van der Waals surface area contributed by atoms with Crippen molar-refractivity contribution in [1.82, 2.24) is 10.2 Å². The Labute approximate surface area is 144 Å². The summed E-state index contributed by atoms with van der Waals surface area (Å²) in [6.45, 7) is 4.81. The Bertz CT molecular complexity index is 682. The van der Waals surface area contributed by atoms with E-state index < -0.39 is 20.2 Å². The van der Waals surface area contributed by atoms with Crippen LogP contribution in [-0.2, 0) is 9.84 Å². The summed E-state index contributed by atoms with van der Waals surface area (Å²) in [7, 11) is -5.40. The number of amides is 1. The third-order valence-corrected chi connectivity index (χ3v) is 5.06. The van der Waals surface area contributed by atoms with E-state index in [1.807, 2.05) is 13.8 Å². The van der Waals surface area contributed by atoms with E-state index in [9.17, 15) is 26.4 Å². The molecule has 0 spiro atoms. The molecule has 0 bridgehead atoms. The smallest absolute Gasteiger partial charge is 0.336 e. The van der Waals surface area contributed by atoms with Crippen LogP contribution in [0.4, 0.5) is 13.2 Å². The van der Waals surface area contributed by atoms with Crippen molar-refractivity contribution in [3.05, 3.63) is 29.8 Å². The second kappa shape index (κ2) is 7.28. The van der Waals surface area contributed by atoms with Gasteiger partial charge in [-0.15, -0.1) is 12.4 Å². The number of nitrogens with one attached hydrogen (secondary N) is 1. The van der Waals surface area contributed by atoms with Crippen LogP contribution in [0.5, 0.6) is 0 Å². The third-order valence-electron chi connectivity index (χ3n) is 3.56. The number of piperazine rings is 1. The van der Waals surface area contributed by atoms with Crippen molar-refractivity contribution < 1.29 is 26.4 Å². The first-order valence-electron chi connectivity index (χ1n) is 6.99. The molecule has 10 heteroatoms. The molecule has 2 rings (SSSR count). The fourth-order valence-electron chi connectivity index (χ4n) is 2.59. The summed E-state index contributed by atoms with van der Waals surface area (Å²) in [5.74, 6) is -0.332. The maximum absolute atomic E-state index is 12.5. The molecule has 1 N–H and O–H groups in total. The number of sulfone groups is 1. The van der Waals surface area contributed by atoms with E-state index in [1.165, 1.54) is 0 Å². The highest BCUT2D eigenvalue weighted by atomic mass is 35.5. The molecule has 5 nitrogen and oxygen atoms in total. The highest BCUT2D eigenvalue weighted by Crippen LogP contribution is 2.30. The first kappa shape index (κ1) is 20.7. The van der Waals surface area contributed by atoms with Gasteiger partial charge in [0.25, 0.3) is 15.7 Å². The molecule has 2 unspecified atom stereocenters. The summed E-state index contributed by atoms with van der Waals surface area (Å²) in [6.07, 6.45) is 0. The lowest BCUT2D eigenvalue weighted by Crippen LogP contribution is -2.55. The van der Waals surface area contributed by atoms with Gasteiger partial charge in [0.2, 0.25) is 0 Å². The van der Waals surface area contributed by atoms with Gasteiger partial charge in [-0.3, -0.25) is 4.79 Å². The van der Waals surface area contributed by atoms with E-state index in [4.69, 9.17) is 0 Å². The van der Waals surface area contributed by atoms with Gasteiger partial charge in [0.05, 0.1) is 4.90 Å². The SMILES string of the molecule is CC1CN(C(=O)c2ccc(S(=O)(=O)C(F)(F)F)cc2)CC(C)N1.Cl. The molecule has 1 amide bonds. The van der Waals surface area contributed by atoms with Crippen LogP contribution in [0.2, 0.25) is 0 Å². The number of hydrogen-bond donors (Lipinski definition) is 1. The van der Waals surface area contributed by atoms with Gasteiger partial charge in [0, 0.05) is 30.7 Å². The molecule has 0 radical (unpaired) electrons. The molecule has 1 heterocycles. The molecule has 24 heavy (non-hydrogen) atoms. The summed E-state index contributed by atoms with van der Waals surface area (Å²) in [4.78, 5) is 13.1. The van der Waals surface area contributed by atoms with E-state index in [1.54, 1.807) is 4.90 Å². The Morgan fingerprint density at radius 3 is 2.00 bits per heavy atom. The summed E-state index contributed by atoms with van der Waals surface area (Å²) < 4.78 is 60.0. The van der Waals surface area contributed by atoms with Crippen LogP contribution in [0.15, 0.2) is 29.2 Å². The number of hydrogen-bond acceptors (Lipinski definition) is 4. The van der Waals surface area contributed by atoms with Crippen LogP contribution in [-0.4, -0.2) is 49.9 Å². The number of alkyl halides is 3. The number of halogens is 4. The quantitative estimate of drug-likeness (QED) is 0.846. The lowest BCUT2D eigenvalue weighted by Gasteiger charge is -2.36. The van der Waals surface area contributed by atoms with Gasteiger partial charge >= 0.3 is 5.51 Å². The Morgan fingerprint density at radius 2 is 1.58 bits per heavy atom. The molecular formula is C14H18ClF3N2O3S. The Morgan fingerprint density at radius 1 is 1.12 bits per heavy atom. The second-order valence-corrected chi connectivity index (χ2v) is 7.59. The Hall–Kier alpha value is -1.32. The zero-order valence-corrected chi connectivity index (χ0v) is 14.6. The molecule has 1 saturated heterocycles. The van der Waals surface area contributed by atoms with Gasteiger partial charge in [-0.1, -0.05) is 0 Å². The van der Waals surface area contributed by atoms with Crippen LogP contribution in [0.25, 0.3) is 0 Å². The van der Waals surface area contributed by atoms with Crippen molar-refractivity contribution in [2.24, 2.45) is 0 Å². The van der Waals surface area contributed by atoms with Crippen molar-refractivity contribution in [3.8, 4) is 0 Å². The van der Waals surface area contributed by atoms with Gasteiger partial charge < -0.3 is 10.2 Å². The first-order chi connectivity index (χ1) is 10.5. The van der Waals surface area contributed by atoms with E-state index in [2.05, 4.69) is 5.32 Å². The molecule has 1 aromatic rings. The minimum atomic E-state index is -5.40. The summed E-state index contributed by atoms with van der Waals surface area (Å²) in [5.41, 5.74) is -5.20. The number of nitrogens with zero attached hydrogens (tertiary/aromatic N) is 1. The van der Waals surface area contributed by atoms with E-state index >= 15 is 0 Å². The molecule has 1 aliphatic heterocycles. The fourth-order valence-corrected chi connectivity index (χ4v) is 3.35. The van der Waals surface area contributed by atoms with Crippen molar-refractivity contribution in [3.63, 3.8) is 0 Å². The number of rotatable bonds is 2. The molecule has 0 aromatic heterocycles. The van der Waals surface area contributed by atoms with Gasteiger partial charge in [-0.2, -0.15) is 13.2 Å². The topological polar surface area (TPSA) is 66.5 Å². The second-order valence-electron chi connectivity index (χ2n) is 5.65. The van der Waals surface area contributed by atoms with Crippen LogP contribution in [0.1, 0.15) is 24.2 Å². The maximum Gasteiger partial charge on any atom is 0.501 e. The normalized spacial score (nSPS) is 22.0. The molecule has 1 aromatic carbocycles. The van der Waals surface area contributed by atoms with E-state index in [-0.39, 0.29) is 36.0 Å². The molecule has 136 valence electrons. The van der Waals surface area contributed by atoms with Gasteiger partial charge in [-0.05, 0) is 38.1 Å². The zero-order valence-electron chi connectivity index (χ0n) is 13.0. The summed E-state index contributed by atoms with van der Waals surface area (Å²) >= 11 is 0. The summed E-state index contributed by atoms with van der Waals surface area (Å²) in [5, 5.41) is 3.26. The van der Waals surface area contributed by atoms with Gasteiger partial charge in [0.15, 0.2) is 0 Å². The minimum Gasteiger partial charge on any atom is -0.336 e. The summed E-state index contributed by atoms with van der Waals surface area (Å²) in [6, 6.07) is 4.05. The van der Waals surface area contributed by atoms with Crippen LogP contribution >= 0.6 is 12.4 Å². The van der Waals surface area contributed by atoms with Gasteiger partial charge in [-0.25, -0.2) is 8.42 Å². The van der Waals surface area contributed by atoms with Crippen LogP contribution in [0.3, 0.4) is 0 Å². The largest absolute Gasteiger partial charge is 0.501 e. The number of carbonyl (C=O) groups excluding carboxylic acids is 1. The van der Waals surface area contributed by atoms with Crippen LogP contribution in [0, 0.1) is 0 Å².